The maximum Gasteiger partial charge on any atom is 0.173 e. The molecule has 3 rings (SSSR count). The van der Waals surface area contributed by atoms with Crippen LogP contribution in [0.5, 0.6) is 0 Å². The van der Waals surface area contributed by atoms with Crippen LogP contribution < -0.4 is 11.1 Å². The van der Waals surface area contributed by atoms with Crippen LogP contribution in [0.1, 0.15) is 5.56 Å². The molecule has 0 aliphatic heterocycles. The third kappa shape index (κ3) is 4.44. The highest BCUT2D eigenvalue weighted by Crippen LogP contribution is 2.17. The van der Waals surface area contributed by atoms with Crippen molar-refractivity contribution in [2.75, 3.05) is 18.4 Å². The number of aromatic nitrogens is 2. The van der Waals surface area contributed by atoms with Crippen LogP contribution in [-0.2, 0) is 6.54 Å². The number of benzene rings is 2. The van der Waals surface area contributed by atoms with Crippen molar-refractivity contribution in [2.24, 2.45) is 5.73 Å². The minimum atomic E-state index is 0. The fourth-order valence-corrected chi connectivity index (χ4v) is 2.71. The molecule has 126 valence electrons. The molecule has 2 aromatic carbocycles. The van der Waals surface area contributed by atoms with E-state index in [1.54, 1.807) is 6.20 Å². The summed E-state index contributed by atoms with van der Waals surface area (Å²) in [4.78, 5) is 2.07. The highest BCUT2D eigenvalue weighted by atomic mass is 35.5. The van der Waals surface area contributed by atoms with E-state index in [1.807, 2.05) is 36.4 Å². The van der Waals surface area contributed by atoms with Gasteiger partial charge in [-0.1, -0.05) is 30.3 Å². The number of aromatic amines is 1. The van der Waals surface area contributed by atoms with Crippen LogP contribution in [-0.4, -0.2) is 33.3 Å². The first kappa shape index (κ1) is 18.2. The maximum atomic E-state index is 5.73. The fourth-order valence-electron chi connectivity index (χ4n) is 2.44. The van der Waals surface area contributed by atoms with Gasteiger partial charge in [-0.3, -0.25) is 5.10 Å². The Bertz CT molecular complexity index is 790. The minimum Gasteiger partial charge on any atom is -0.343 e. The van der Waals surface area contributed by atoms with E-state index in [2.05, 4.69) is 32.5 Å². The second kappa shape index (κ2) is 8.63. The molecule has 1 heterocycles. The molecule has 0 amide bonds. The number of rotatable bonds is 5. The molecule has 0 saturated heterocycles. The third-order valence-electron chi connectivity index (χ3n) is 3.59. The van der Waals surface area contributed by atoms with Crippen LogP contribution in [0.3, 0.4) is 0 Å². The Balaban J connectivity index is 0.00000208. The van der Waals surface area contributed by atoms with Gasteiger partial charge >= 0.3 is 0 Å². The molecule has 0 aliphatic carbocycles. The molecular weight excluding hydrogens is 342 g/mol. The zero-order chi connectivity index (χ0) is 16.1. The van der Waals surface area contributed by atoms with Gasteiger partial charge in [-0.05, 0) is 36.0 Å². The second-order valence-electron chi connectivity index (χ2n) is 5.30. The predicted molar refractivity (Wildman–Crippen MR) is 105 cm³/mol. The number of nitrogens with two attached hydrogens (primary N) is 1. The summed E-state index contributed by atoms with van der Waals surface area (Å²) in [6.45, 7) is 1.99. The highest BCUT2D eigenvalue weighted by Gasteiger charge is 2.10. The van der Waals surface area contributed by atoms with Crippen molar-refractivity contribution in [3.63, 3.8) is 0 Å². The SMILES string of the molecule is Cl.NCCN(Cc1ccccc1)C(=S)Nc1ccc2[nH]ncc2c1. The van der Waals surface area contributed by atoms with Crippen molar-refractivity contribution in [3.8, 4) is 0 Å². The number of anilines is 1. The zero-order valence-electron chi connectivity index (χ0n) is 13.1. The average molecular weight is 362 g/mol. The predicted octanol–water partition coefficient (Wildman–Crippen LogP) is 3.14. The first-order valence-corrected chi connectivity index (χ1v) is 7.90. The quantitative estimate of drug-likeness (QED) is 0.609. The van der Waals surface area contributed by atoms with Crippen molar-refractivity contribution < 1.29 is 0 Å². The summed E-state index contributed by atoms with van der Waals surface area (Å²) < 4.78 is 0. The largest absolute Gasteiger partial charge is 0.343 e. The number of hydrogen-bond acceptors (Lipinski definition) is 3. The lowest BCUT2D eigenvalue weighted by Gasteiger charge is -2.25. The van der Waals surface area contributed by atoms with Gasteiger partial charge in [-0.2, -0.15) is 5.10 Å². The molecule has 0 unspecified atom stereocenters. The average Bonchev–Trinajstić information content (AvgIpc) is 3.03. The van der Waals surface area contributed by atoms with E-state index in [9.17, 15) is 0 Å². The normalized spacial score (nSPS) is 10.2. The summed E-state index contributed by atoms with van der Waals surface area (Å²) in [5, 5.41) is 12.0. The van der Waals surface area contributed by atoms with Gasteiger partial charge in [0.2, 0.25) is 0 Å². The molecule has 0 fully saturated rings. The van der Waals surface area contributed by atoms with Crippen LogP contribution in [0.4, 0.5) is 5.69 Å². The van der Waals surface area contributed by atoms with Gasteiger partial charge in [0.15, 0.2) is 5.11 Å². The number of H-pyrrole nitrogens is 1. The molecular formula is C17H20ClN5S. The van der Waals surface area contributed by atoms with Crippen LogP contribution in [0, 0.1) is 0 Å². The van der Waals surface area contributed by atoms with Crippen molar-refractivity contribution in [1.82, 2.24) is 15.1 Å². The molecule has 4 N–H and O–H groups in total. The van der Waals surface area contributed by atoms with Crippen LogP contribution in [0.2, 0.25) is 0 Å². The lowest BCUT2D eigenvalue weighted by Crippen LogP contribution is -2.37. The molecule has 24 heavy (non-hydrogen) atoms. The van der Waals surface area contributed by atoms with Crippen LogP contribution in [0.25, 0.3) is 10.9 Å². The second-order valence-corrected chi connectivity index (χ2v) is 5.68. The van der Waals surface area contributed by atoms with Gasteiger partial charge in [-0.15, -0.1) is 12.4 Å². The smallest absolute Gasteiger partial charge is 0.173 e. The van der Waals surface area contributed by atoms with Crippen LogP contribution >= 0.6 is 24.6 Å². The van der Waals surface area contributed by atoms with Gasteiger partial charge in [0.1, 0.15) is 0 Å². The molecule has 5 nitrogen and oxygen atoms in total. The number of fused-ring (bicyclic) bond motifs is 1. The van der Waals surface area contributed by atoms with E-state index in [1.165, 1.54) is 5.56 Å². The Morgan fingerprint density at radius 1 is 1.21 bits per heavy atom. The summed E-state index contributed by atoms with van der Waals surface area (Å²) in [7, 11) is 0. The van der Waals surface area contributed by atoms with E-state index in [4.69, 9.17) is 18.0 Å². The molecule has 7 heteroatoms. The van der Waals surface area contributed by atoms with Crippen molar-refractivity contribution >= 4 is 46.3 Å². The lowest BCUT2D eigenvalue weighted by atomic mass is 10.2. The van der Waals surface area contributed by atoms with Gasteiger partial charge in [0, 0.05) is 30.7 Å². The number of nitrogens with one attached hydrogen (secondary N) is 2. The highest BCUT2D eigenvalue weighted by molar-refractivity contribution is 7.80. The van der Waals surface area contributed by atoms with E-state index < -0.39 is 0 Å². The molecule has 0 aliphatic rings. The molecule has 3 aromatic rings. The van der Waals surface area contributed by atoms with Gasteiger partial charge in [-0.25, -0.2) is 0 Å². The Hall–Kier alpha value is -2.15. The lowest BCUT2D eigenvalue weighted by molar-refractivity contribution is 0.429. The fraction of sp³-hybridized carbons (Fsp3) is 0.176. The molecule has 0 bridgehead atoms. The minimum absolute atomic E-state index is 0. The summed E-state index contributed by atoms with van der Waals surface area (Å²) in [5.41, 5.74) is 8.89. The number of halogens is 1. The Kier molecular flexibility index (Phi) is 6.54. The molecule has 0 atom stereocenters. The van der Waals surface area contributed by atoms with Gasteiger partial charge < -0.3 is 16.0 Å². The van der Waals surface area contributed by atoms with E-state index in [0.717, 1.165) is 23.1 Å². The summed E-state index contributed by atoms with van der Waals surface area (Å²) >= 11 is 5.56. The monoisotopic (exact) mass is 361 g/mol. The number of thiocarbonyl (C=S) groups is 1. The van der Waals surface area contributed by atoms with Gasteiger partial charge in [0.25, 0.3) is 0 Å². The number of hydrogen-bond donors (Lipinski definition) is 3. The van der Waals surface area contributed by atoms with Crippen molar-refractivity contribution in [1.29, 1.82) is 0 Å². The third-order valence-corrected chi connectivity index (χ3v) is 3.95. The standard InChI is InChI=1S/C17H19N5S.ClH/c18-8-9-22(12-13-4-2-1-3-5-13)17(23)20-15-6-7-16-14(10-15)11-19-21-16;/h1-7,10-11H,8-9,12,18H2,(H,19,21)(H,20,23);1H. The zero-order valence-corrected chi connectivity index (χ0v) is 14.7. The molecule has 0 radical (unpaired) electrons. The molecule has 0 saturated carbocycles. The summed E-state index contributed by atoms with van der Waals surface area (Å²) in [6.07, 6.45) is 1.80. The first-order chi connectivity index (χ1) is 11.3. The Labute approximate surface area is 152 Å². The van der Waals surface area contributed by atoms with E-state index in [0.29, 0.717) is 18.2 Å². The van der Waals surface area contributed by atoms with Crippen molar-refractivity contribution in [3.05, 3.63) is 60.3 Å². The summed E-state index contributed by atoms with van der Waals surface area (Å²) in [6, 6.07) is 16.2. The Morgan fingerprint density at radius 3 is 2.75 bits per heavy atom. The van der Waals surface area contributed by atoms with Crippen molar-refractivity contribution in [2.45, 2.75) is 6.54 Å². The molecule has 0 spiro atoms. The topological polar surface area (TPSA) is 70.0 Å². The molecule has 1 aromatic heterocycles. The summed E-state index contributed by atoms with van der Waals surface area (Å²) in [5.74, 6) is 0. The number of nitrogens with zero attached hydrogens (tertiary/aromatic N) is 2. The van der Waals surface area contributed by atoms with E-state index in [-0.39, 0.29) is 12.4 Å². The van der Waals surface area contributed by atoms with Crippen LogP contribution in [0.15, 0.2) is 54.7 Å². The van der Waals surface area contributed by atoms with Gasteiger partial charge in [0.05, 0.1) is 11.7 Å². The maximum absolute atomic E-state index is 5.73. The van der Waals surface area contributed by atoms with E-state index >= 15 is 0 Å². The Morgan fingerprint density at radius 2 is 2.00 bits per heavy atom. The first-order valence-electron chi connectivity index (χ1n) is 7.49.